The van der Waals surface area contributed by atoms with Crippen molar-refractivity contribution in [2.75, 3.05) is 4.90 Å². The van der Waals surface area contributed by atoms with Gasteiger partial charge >= 0.3 is 0 Å². The lowest BCUT2D eigenvalue weighted by Crippen LogP contribution is -2.15. The Labute approximate surface area is 259 Å². The molecule has 0 aliphatic carbocycles. The van der Waals surface area contributed by atoms with Crippen LogP contribution in [0.4, 0.5) is 11.4 Å². The fourth-order valence-corrected chi connectivity index (χ4v) is 6.59. The monoisotopic (exact) mass is 581 g/mol. The molecule has 4 heterocycles. The van der Waals surface area contributed by atoms with Gasteiger partial charge in [0.2, 0.25) is 0 Å². The number of benzene rings is 5. The molecule has 5 aromatic carbocycles. The average Bonchev–Trinajstić information content (AvgIpc) is 3.76. The molecule has 8 aromatic rings. The molecule has 5 nitrogen and oxygen atoms in total. The SMILES string of the molecule is C=C(/C=C1\Cc2ccccc2O1)N(c1cnc2c(c1)oc1ccccc12)c1ccc2c3ccccc3n(-c3ccccc3)c2c1. The van der Waals surface area contributed by atoms with Crippen molar-refractivity contribution in [2.45, 2.75) is 6.42 Å². The van der Waals surface area contributed by atoms with Crippen molar-refractivity contribution in [2.24, 2.45) is 0 Å². The molecule has 1 aliphatic rings. The first kappa shape index (κ1) is 25.4. The first-order valence-corrected chi connectivity index (χ1v) is 15.0. The van der Waals surface area contributed by atoms with Gasteiger partial charge in [0.15, 0.2) is 5.58 Å². The van der Waals surface area contributed by atoms with Crippen LogP contribution in [0.25, 0.3) is 49.6 Å². The number of anilines is 2. The summed E-state index contributed by atoms with van der Waals surface area (Å²) in [5.41, 5.74) is 9.48. The Hall–Kier alpha value is -6.07. The zero-order chi connectivity index (χ0) is 29.9. The Bertz CT molecular complexity index is 2440. The Balaban J connectivity index is 1.24. The molecule has 1 aliphatic heterocycles. The summed E-state index contributed by atoms with van der Waals surface area (Å²) < 4.78 is 14.8. The number of nitrogens with zero attached hydrogens (tertiary/aromatic N) is 3. The van der Waals surface area contributed by atoms with Gasteiger partial charge in [0.25, 0.3) is 0 Å². The van der Waals surface area contributed by atoms with Gasteiger partial charge in [-0.3, -0.25) is 0 Å². The summed E-state index contributed by atoms with van der Waals surface area (Å²) >= 11 is 0. The van der Waals surface area contributed by atoms with Gasteiger partial charge in [-0.2, -0.15) is 0 Å². The smallest absolute Gasteiger partial charge is 0.155 e. The van der Waals surface area contributed by atoms with E-state index in [2.05, 4.69) is 88.8 Å². The van der Waals surface area contributed by atoms with E-state index in [-0.39, 0.29) is 0 Å². The number of rotatable bonds is 5. The minimum atomic E-state index is 0.713. The van der Waals surface area contributed by atoms with E-state index in [1.165, 1.54) is 16.3 Å². The second-order valence-corrected chi connectivity index (χ2v) is 11.4. The van der Waals surface area contributed by atoms with Crippen molar-refractivity contribution in [1.82, 2.24) is 9.55 Å². The number of para-hydroxylation sites is 4. The van der Waals surface area contributed by atoms with E-state index in [9.17, 15) is 0 Å². The molecule has 0 saturated carbocycles. The largest absolute Gasteiger partial charge is 0.461 e. The molecule has 0 unspecified atom stereocenters. The number of hydrogen-bond donors (Lipinski definition) is 0. The number of hydrogen-bond acceptors (Lipinski definition) is 4. The van der Waals surface area contributed by atoms with Crippen LogP contribution in [-0.4, -0.2) is 9.55 Å². The summed E-state index contributed by atoms with van der Waals surface area (Å²) in [5.74, 6) is 1.74. The third-order valence-electron chi connectivity index (χ3n) is 8.58. The van der Waals surface area contributed by atoms with E-state index in [1.54, 1.807) is 0 Å². The molecule has 0 fully saturated rings. The molecular weight excluding hydrogens is 554 g/mol. The Morgan fingerprint density at radius 2 is 1.47 bits per heavy atom. The van der Waals surface area contributed by atoms with Gasteiger partial charge in [-0.1, -0.05) is 79.4 Å². The molecule has 0 amide bonds. The molecule has 0 N–H and O–H groups in total. The topological polar surface area (TPSA) is 43.4 Å². The van der Waals surface area contributed by atoms with Crippen LogP contribution >= 0.6 is 0 Å². The van der Waals surface area contributed by atoms with Crippen LogP contribution < -0.4 is 9.64 Å². The lowest BCUT2D eigenvalue weighted by Gasteiger charge is -2.26. The lowest BCUT2D eigenvalue weighted by molar-refractivity contribution is 0.446. The molecule has 5 heteroatoms. The summed E-state index contributed by atoms with van der Waals surface area (Å²) in [4.78, 5) is 7.02. The van der Waals surface area contributed by atoms with Crippen LogP contribution in [0, 0.1) is 0 Å². The van der Waals surface area contributed by atoms with E-state index < -0.39 is 0 Å². The van der Waals surface area contributed by atoms with Gasteiger partial charge in [-0.05, 0) is 48.5 Å². The van der Waals surface area contributed by atoms with Crippen LogP contribution in [0.1, 0.15) is 5.56 Å². The maximum atomic E-state index is 6.26. The van der Waals surface area contributed by atoms with Gasteiger partial charge < -0.3 is 18.6 Å². The van der Waals surface area contributed by atoms with Crippen LogP contribution in [0.15, 0.2) is 162 Å². The highest BCUT2D eigenvalue weighted by Crippen LogP contribution is 2.40. The number of furan rings is 1. The molecule has 3 aromatic heterocycles. The van der Waals surface area contributed by atoms with Crippen molar-refractivity contribution in [3.63, 3.8) is 0 Å². The molecule has 0 saturated heterocycles. The van der Waals surface area contributed by atoms with Crippen molar-refractivity contribution in [1.29, 1.82) is 0 Å². The predicted octanol–water partition coefficient (Wildman–Crippen LogP) is 10.2. The third kappa shape index (κ3) is 4.13. The number of ether oxygens (including phenoxy) is 1. The molecule has 214 valence electrons. The highest BCUT2D eigenvalue weighted by Gasteiger charge is 2.22. The highest BCUT2D eigenvalue weighted by molar-refractivity contribution is 6.10. The minimum Gasteiger partial charge on any atom is -0.461 e. The zero-order valence-corrected chi connectivity index (χ0v) is 24.4. The van der Waals surface area contributed by atoms with Gasteiger partial charge in [0.1, 0.15) is 22.6 Å². The summed E-state index contributed by atoms with van der Waals surface area (Å²) in [5, 5.41) is 3.39. The first-order chi connectivity index (χ1) is 22.2. The molecule has 45 heavy (non-hydrogen) atoms. The highest BCUT2D eigenvalue weighted by atomic mass is 16.5. The number of aromatic nitrogens is 2. The zero-order valence-electron chi connectivity index (χ0n) is 24.4. The maximum absolute atomic E-state index is 6.26. The van der Waals surface area contributed by atoms with Gasteiger partial charge in [-0.25, -0.2) is 4.98 Å². The van der Waals surface area contributed by atoms with Gasteiger partial charge in [-0.15, -0.1) is 0 Å². The van der Waals surface area contributed by atoms with Crippen molar-refractivity contribution < 1.29 is 9.15 Å². The summed E-state index contributed by atoms with van der Waals surface area (Å²) in [7, 11) is 0. The normalized spacial score (nSPS) is 13.6. The number of fused-ring (bicyclic) bond motifs is 7. The summed E-state index contributed by atoms with van der Waals surface area (Å²) in [6.45, 7) is 4.56. The van der Waals surface area contributed by atoms with Crippen LogP contribution in [0.5, 0.6) is 5.75 Å². The van der Waals surface area contributed by atoms with E-state index in [4.69, 9.17) is 14.1 Å². The van der Waals surface area contributed by atoms with E-state index >= 15 is 0 Å². The van der Waals surface area contributed by atoms with E-state index in [1.807, 2.05) is 66.9 Å². The second kappa shape index (κ2) is 10.00. The molecule has 0 atom stereocenters. The lowest BCUT2D eigenvalue weighted by atomic mass is 10.1. The van der Waals surface area contributed by atoms with Gasteiger partial charge in [0, 0.05) is 57.4 Å². The van der Waals surface area contributed by atoms with Crippen molar-refractivity contribution in [3.05, 3.63) is 163 Å². The Kier molecular flexibility index (Phi) is 5.65. The van der Waals surface area contributed by atoms with Crippen LogP contribution in [0.3, 0.4) is 0 Å². The van der Waals surface area contributed by atoms with Gasteiger partial charge in [0.05, 0.1) is 22.9 Å². The Morgan fingerprint density at radius 1 is 0.711 bits per heavy atom. The fraction of sp³-hybridized carbons (Fsp3) is 0.0250. The second-order valence-electron chi connectivity index (χ2n) is 11.4. The summed E-state index contributed by atoms with van der Waals surface area (Å²) in [6.07, 6.45) is 4.64. The van der Waals surface area contributed by atoms with Crippen LogP contribution in [0.2, 0.25) is 0 Å². The van der Waals surface area contributed by atoms with E-state index in [0.29, 0.717) is 6.42 Å². The van der Waals surface area contributed by atoms with Crippen LogP contribution in [-0.2, 0) is 6.42 Å². The Morgan fingerprint density at radius 3 is 2.36 bits per heavy atom. The quantitative estimate of drug-likeness (QED) is 0.203. The predicted molar refractivity (Wildman–Crippen MR) is 182 cm³/mol. The molecule has 0 radical (unpaired) electrons. The molecule has 0 spiro atoms. The standard InChI is InChI=1S/C40H27N3O2/c1-26(21-31-22-27-11-5-9-17-37(27)44-31)42(30-24-39-40(41-25-30)34-15-7-10-18-38(34)45-39)29-19-20-33-32-14-6-8-16-35(32)43(36(33)23-29)28-12-3-2-4-13-28/h2-21,23-25H,1,22H2/b31-21+. The number of pyridine rings is 1. The fourth-order valence-electron chi connectivity index (χ4n) is 6.59. The third-order valence-corrected chi connectivity index (χ3v) is 8.58. The van der Waals surface area contributed by atoms with E-state index in [0.717, 1.165) is 67.4 Å². The number of allylic oxidation sites excluding steroid dienone is 2. The molecule has 0 bridgehead atoms. The molecule has 9 rings (SSSR count). The van der Waals surface area contributed by atoms with Crippen molar-refractivity contribution >= 4 is 55.2 Å². The molecular formula is C40H27N3O2. The van der Waals surface area contributed by atoms with Crippen molar-refractivity contribution in [3.8, 4) is 11.4 Å². The minimum absolute atomic E-state index is 0.713. The average molecular weight is 582 g/mol. The maximum Gasteiger partial charge on any atom is 0.155 e. The first-order valence-electron chi connectivity index (χ1n) is 15.0. The summed E-state index contributed by atoms with van der Waals surface area (Å²) in [6, 6.07) is 43.8.